The van der Waals surface area contributed by atoms with Gasteiger partial charge in [0.15, 0.2) is 0 Å². The van der Waals surface area contributed by atoms with E-state index < -0.39 is 4.92 Å². The Hall–Kier alpha value is -1.91. The Kier molecular flexibility index (Phi) is 7.43. The summed E-state index contributed by atoms with van der Waals surface area (Å²) in [5, 5.41) is 10.6. The first kappa shape index (κ1) is 17.1. The monoisotopic (exact) mass is 292 g/mol. The Balaban J connectivity index is 2.64. The van der Waals surface area contributed by atoms with E-state index >= 15 is 0 Å². The van der Waals surface area contributed by atoms with Gasteiger partial charge in [-0.3, -0.25) is 14.9 Å². The van der Waals surface area contributed by atoms with E-state index in [0.29, 0.717) is 6.42 Å². The van der Waals surface area contributed by atoms with Crippen LogP contribution in [0.15, 0.2) is 24.3 Å². The number of non-ortho nitro benzene ring substituents is 1. The summed E-state index contributed by atoms with van der Waals surface area (Å²) >= 11 is 0. The van der Waals surface area contributed by atoms with E-state index in [0.717, 1.165) is 44.3 Å². The summed E-state index contributed by atoms with van der Waals surface area (Å²) in [5.41, 5.74) is 0.878. The Morgan fingerprint density at radius 1 is 1.10 bits per heavy atom. The van der Waals surface area contributed by atoms with Crippen LogP contribution >= 0.6 is 0 Å². The molecule has 1 aromatic carbocycles. The number of nitro benzene ring substituents is 1. The van der Waals surface area contributed by atoms with Gasteiger partial charge >= 0.3 is 0 Å². The van der Waals surface area contributed by atoms with Crippen molar-refractivity contribution < 1.29 is 9.72 Å². The lowest BCUT2D eigenvalue weighted by Crippen LogP contribution is -2.34. The molecule has 0 aliphatic carbocycles. The minimum Gasteiger partial charge on any atom is -0.342 e. The highest BCUT2D eigenvalue weighted by Crippen LogP contribution is 2.13. The Bertz CT molecular complexity index is 449. The van der Waals surface area contributed by atoms with Gasteiger partial charge in [-0.1, -0.05) is 38.8 Å². The number of hydrogen-bond donors (Lipinski definition) is 0. The first-order valence-electron chi connectivity index (χ1n) is 7.59. The molecule has 0 aliphatic heterocycles. The summed E-state index contributed by atoms with van der Waals surface area (Å²) in [5.74, 6) is 0.103. The van der Waals surface area contributed by atoms with Crippen molar-refractivity contribution in [2.45, 2.75) is 46.0 Å². The van der Waals surface area contributed by atoms with Gasteiger partial charge in [0.2, 0.25) is 5.91 Å². The van der Waals surface area contributed by atoms with Gasteiger partial charge in [0.25, 0.3) is 5.69 Å². The number of nitro groups is 1. The van der Waals surface area contributed by atoms with Crippen LogP contribution < -0.4 is 0 Å². The Morgan fingerprint density at radius 3 is 2.05 bits per heavy atom. The van der Waals surface area contributed by atoms with Crippen molar-refractivity contribution in [3.05, 3.63) is 39.9 Å². The average Bonchev–Trinajstić information content (AvgIpc) is 2.47. The molecule has 116 valence electrons. The van der Waals surface area contributed by atoms with Crippen molar-refractivity contribution in [3.63, 3.8) is 0 Å². The van der Waals surface area contributed by atoms with E-state index in [1.54, 1.807) is 12.1 Å². The van der Waals surface area contributed by atoms with Crippen molar-refractivity contribution in [1.82, 2.24) is 4.90 Å². The molecule has 5 nitrogen and oxygen atoms in total. The maximum Gasteiger partial charge on any atom is 0.269 e. The third-order valence-corrected chi connectivity index (χ3v) is 3.42. The number of nitrogens with zero attached hydrogens (tertiary/aromatic N) is 2. The highest BCUT2D eigenvalue weighted by Gasteiger charge is 2.14. The molecule has 1 rings (SSSR count). The topological polar surface area (TPSA) is 63.5 Å². The van der Waals surface area contributed by atoms with Crippen molar-refractivity contribution in [2.24, 2.45) is 0 Å². The average molecular weight is 292 g/mol. The molecule has 1 amide bonds. The van der Waals surface area contributed by atoms with E-state index in [1.165, 1.54) is 12.1 Å². The summed E-state index contributed by atoms with van der Waals surface area (Å²) in [4.78, 5) is 24.4. The number of carbonyl (C=O) groups is 1. The summed E-state index contributed by atoms with van der Waals surface area (Å²) < 4.78 is 0. The first-order valence-corrected chi connectivity index (χ1v) is 7.59. The molecule has 0 saturated heterocycles. The number of carbonyl (C=O) groups excluding carboxylic acids is 1. The lowest BCUT2D eigenvalue weighted by atomic mass is 10.1. The maximum atomic E-state index is 12.3. The van der Waals surface area contributed by atoms with E-state index in [9.17, 15) is 14.9 Å². The standard InChI is InChI=1S/C16H24N2O3/c1-3-5-11-17(12-6-4-2)16(19)13-14-7-9-15(10-8-14)18(20)21/h7-10H,3-6,11-13H2,1-2H3. The highest BCUT2D eigenvalue weighted by molar-refractivity contribution is 5.78. The largest absolute Gasteiger partial charge is 0.342 e. The van der Waals surface area contributed by atoms with Crippen LogP contribution in [0.25, 0.3) is 0 Å². The van der Waals surface area contributed by atoms with Gasteiger partial charge in [0.05, 0.1) is 11.3 Å². The van der Waals surface area contributed by atoms with E-state index in [-0.39, 0.29) is 11.6 Å². The zero-order valence-corrected chi connectivity index (χ0v) is 12.9. The van der Waals surface area contributed by atoms with Gasteiger partial charge in [0, 0.05) is 25.2 Å². The van der Waals surface area contributed by atoms with Crippen molar-refractivity contribution in [3.8, 4) is 0 Å². The van der Waals surface area contributed by atoms with Gasteiger partial charge in [0.1, 0.15) is 0 Å². The number of amides is 1. The molecular formula is C16H24N2O3. The van der Waals surface area contributed by atoms with Crippen LogP contribution in [-0.4, -0.2) is 28.8 Å². The molecule has 0 unspecified atom stereocenters. The fourth-order valence-corrected chi connectivity index (χ4v) is 2.08. The molecular weight excluding hydrogens is 268 g/mol. The zero-order valence-electron chi connectivity index (χ0n) is 12.9. The zero-order chi connectivity index (χ0) is 15.7. The van der Waals surface area contributed by atoms with Crippen LogP contribution in [0.5, 0.6) is 0 Å². The SMILES string of the molecule is CCCCN(CCCC)C(=O)Cc1ccc([N+](=O)[O-])cc1. The third kappa shape index (κ3) is 5.94. The second-order valence-electron chi connectivity index (χ2n) is 5.19. The lowest BCUT2D eigenvalue weighted by molar-refractivity contribution is -0.384. The second kappa shape index (κ2) is 9.10. The quantitative estimate of drug-likeness (QED) is 0.516. The molecule has 0 heterocycles. The maximum absolute atomic E-state index is 12.3. The minimum atomic E-state index is -0.430. The molecule has 5 heteroatoms. The molecule has 0 aliphatic rings. The number of benzene rings is 1. The Labute approximate surface area is 126 Å². The van der Waals surface area contributed by atoms with Gasteiger partial charge in [-0.25, -0.2) is 0 Å². The van der Waals surface area contributed by atoms with Crippen molar-refractivity contribution in [2.75, 3.05) is 13.1 Å². The van der Waals surface area contributed by atoms with Gasteiger partial charge < -0.3 is 4.90 Å². The van der Waals surface area contributed by atoms with E-state index in [2.05, 4.69) is 13.8 Å². The smallest absolute Gasteiger partial charge is 0.269 e. The molecule has 0 fully saturated rings. The molecule has 1 aromatic rings. The van der Waals surface area contributed by atoms with E-state index in [1.807, 2.05) is 4.90 Å². The van der Waals surface area contributed by atoms with Gasteiger partial charge in [-0.15, -0.1) is 0 Å². The number of unbranched alkanes of at least 4 members (excludes halogenated alkanes) is 2. The van der Waals surface area contributed by atoms with Crippen molar-refractivity contribution >= 4 is 11.6 Å². The molecule has 0 atom stereocenters. The van der Waals surface area contributed by atoms with Gasteiger partial charge in [-0.05, 0) is 18.4 Å². The van der Waals surface area contributed by atoms with E-state index in [4.69, 9.17) is 0 Å². The molecule has 0 radical (unpaired) electrons. The number of hydrogen-bond acceptors (Lipinski definition) is 3. The molecule has 0 aromatic heterocycles. The summed E-state index contributed by atoms with van der Waals surface area (Å²) in [6.45, 7) is 5.81. The second-order valence-corrected chi connectivity index (χ2v) is 5.19. The molecule has 0 saturated carbocycles. The molecule has 0 N–H and O–H groups in total. The lowest BCUT2D eigenvalue weighted by Gasteiger charge is -2.22. The summed E-state index contributed by atoms with van der Waals surface area (Å²) in [6, 6.07) is 6.22. The van der Waals surface area contributed by atoms with Crippen LogP contribution in [0.2, 0.25) is 0 Å². The third-order valence-electron chi connectivity index (χ3n) is 3.42. The predicted octanol–water partition coefficient (Wildman–Crippen LogP) is 3.57. The molecule has 21 heavy (non-hydrogen) atoms. The fourth-order valence-electron chi connectivity index (χ4n) is 2.08. The van der Waals surface area contributed by atoms with Crippen LogP contribution in [-0.2, 0) is 11.2 Å². The van der Waals surface area contributed by atoms with Crippen molar-refractivity contribution in [1.29, 1.82) is 0 Å². The van der Waals surface area contributed by atoms with Crippen LogP contribution in [0.4, 0.5) is 5.69 Å². The van der Waals surface area contributed by atoms with Crippen LogP contribution in [0, 0.1) is 10.1 Å². The van der Waals surface area contributed by atoms with Crippen LogP contribution in [0.3, 0.4) is 0 Å². The number of rotatable bonds is 9. The van der Waals surface area contributed by atoms with Gasteiger partial charge in [-0.2, -0.15) is 0 Å². The normalized spacial score (nSPS) is 10.4. The van der Waals surface area contributed by atoms with Crippen LogP contribution in [0.1, 0.15) is 45.1 Å². The first-order chi connectivity index (χ1) is 10.1. The highest BCUT2D eigenvalue weighted by atomic mass is 16.6. The molecule has 0 spiro atoms. The fraction of sp³-hybridized carbons (Fsp3) is 0.562. The summed E-state index contributed by atoms with van der Waals surface area (Å²) in [6.07, 6.45) is 4.46. The predicted molar refractivity (Wildman–Crippen MR) is 83.2 cm³/mol. The minimum absolute atomic E-state index is 0.0556. The molecule has 0 bridgehead atoms. The summed E-state index contributed by atoms with van der Waals surface area (Å²) in [7, 11) is 0. The Morgan fingerprint density at radius 2 is 1.62 bits per heavy atom.